The molecule has 0 saturated heterocycles. The molecule has 64 valence electrons. The Morgan fingerprint density at radius 1 is 1.20 bits per heavy atom. The van der Waals surface area contributed by atoms with E-state index in [1.165, 1.54) is 0 Å². The van der Waals surface area contributed by atoms with Crippen LogP contribution in [-0.4, -0.2) is 33.3 Å². The molecule has 0 amide bonds. The molecule has 0 rings (SSSR count). The Bertz CT molecular complexity index is 87.6. The van der Waals surface area contributed by atoms with Crippen molar-refractivity contribution >= 4 is 20.1 Å². The Kier molecular flexibility index (Phi) is 9.89. The van der Waals surface area contributed by atoms with Gasteiger partial charge in [0.05, 0.1) is 0 Å². The van der Waals surface area contributed by atoms with E-state index in [1.54, 1.807) is 0 Å². The first-order valence-corrected chi connectivity index (χ1v) is 6.89. The molecule has 0 aromatic rings. The molecule has 5 nitrogen and oxygen atoms in total. The molecule has 0 bridgehead atoms. The number of hydrogen-bond acceptors (Lipinski definition) is 5. The molecule has 0 radical (unpaired) electrons. The van der Waals surface area contributed by atoms with Gasteiger partial charge in [-0.2, -0.15) is 0 Å². The normalized spacial score (nSPS) is 10.1. The van der Waals surface area contributed by atoms with Crippen LogP contribution < -0.4 is 10.2 Å². The summed E-state index contributed by atoms with van der Waals surface area (Å²) in [5, 5.41) is 0. The summed E-state index contributed by atoms with van der Waals surface area (Å²) in [5.41, 5.74) is 0. The van der Waals surface area contributed by atoms with Crippen LogP contribution in [-0.2, 0) is 7.75 Å². The van der Waals surface area contributed by atoms with Gasteiger partial charge >= 0.3 is 33.2 Å². The molecule has 0 atom stereocenters. The molecule has 6 heteroatoms. The summed E-state index contributed by atoms with van der Waals surface area (Å²) in [6.45, 7) is 5.67. The van der Waals surface area contributed by atoms with Gasteiger partial charge in [0.1, 0.15) is 0 Å². The minimum atomic E-state index is -6.10. The fourth-order valence-corrected chi connectivity index (χ4v) is 0.204. The molecular formula is C4H10O5Sb-3. The SMILES string of the molecule is CCOCC.[O]=[Sb]([O-])([O-])[O-]. The van der Waals surface area contributed by atoms with Crippen molar-refractivity contribution in [3.05, 3.63) is 0 Å². The third kappa shape index (κ3) is 77.9. The Morgan fingerprint density at radius 3 is 1.40 bits per heavy atom. The van der Waals surface area contributed by atoms with Crippen LogP contribution in [0.15, 0.2) is 0 Å². The third-order valence-electron chi connectivity index (χ3n) is 0.408. The summed E-state index contributed by atoms with van der Waals surface area (Å²) in [6, 6.07) is 0. The minimum absolute atomic E-state index is 0.844. The molecule has 0 N–H and O–H groups in total. The van der Waals surface area contributed by atoms with E-state index >= 15 is 0 Å². The Hall–Kier alpha value is 0.458. The second-order valence-corrected chi connectivity index (χ2v) is 3.78. The first-order valence-electron chi connectivity index (χ1n) is 2.72. The molecule has 0 aromatic heterocycles. The van der Waals surface area contributed by atoms with E-state index in [2.05, 4.69) is 0 Å². The number of ether oxygens (including phenoxy) is 1. The van der Waals surface area contributed by atoms with Gasteiger partial charge < -0.3 is 4.74 Å². The zero-order chi connectivity index (χ0) is 8.62. The van der Waals surface area contributed by atoms with E-state index < -0.39 is 20.1 Å². The Labute approximate surface area is 65.3 Å². The zero-order valence-corrected chi connectivity index (χ0v) is 8.46. The molecule has 0 fully saturated rings. The van der Waals surface area contributed by atoms with Crippen molar-refractivity contribution in [3.63, 3.8) is 0 Å². The monoisotopic (exact) mass is 259 g/mol. The molecule has 0 spiro atoms. The van der Waals surface area contributed by atoms with E-state index in [-0.39, 0.29) is 0 Å². The molecule has 0 aliphatic heterocycles. The summed E-state index contributed by atoms with van der Waals surface area (Å²) < 4.78 is 39.4. The van der Waals surface area contributed by atoms with Crippen LogP contribution in [0.4, 0.5) is 0 Å². The standard InChI is InChI=1S/C4H10O.4O.Sb/c1-3-5-4-2;;;;;/h3-4H2,1-2H3;;;;;/q;;3*-1;. The van der Waals surface area contributed by atoms with E-state index in [4.69, 9.17) is 17.9 Å². The fourth-order valence-electron chi connectivity index (χ4n) is 0.204. The van der Waals surface area contributed by atoms with Crippen LogP contribution in [0.3, 0.4) is 0 Å². The van der Waals surface area contributed by atoms with Gasteiger partial charge in [0.15, 0.2) is 0 Å². The summed E-state index contributed by atoms with van der Waals surface area (Å²) in [5.74, 6) is 0. The van der Waals surface area contributed by atoms with Crippen LogP contribution >= 0.6 is 0 Å². The molecule has 0 aliphatic rings. The first-order chi connectivity index (χ1) is 4.41. The van der Waals surface area contributed by atoms with Crippen molar-refractivity contribution in [1.82, 2.24) is 0 Å². The average molecular weight is 260 g/mol. The van der Waals surface area contributed by atoms with Gasteiger partial charge in [0.25, 0.3) is 0 Å². The predicted molar refractivity (Wildman–Crippen MR) is 28.6 cm³/mol. The summed E-state index contributed by atoms with van der Waals surface area (Å²) in [6.07, 6.45) is 0. The van der Waals surface area contributed by atoms with Crippen molar-refractivity contribution in [1.29, 1.82) is 0 Å². The predicted octanol–water partition coefficient (Wildman–Crippen LogP) is -3.02. The van der Waals surface area contributed by atoms with E-state index in [0.717, 1.165) is 13.2 Å². The van der Waals surface area contributed by atoms with Crippen LogP contribution in [0.5, 0.6) is 0 Å². The van der Waals surface area contributed by atoms with Crippen molar-refractivity contribution in [2.45, 2.75) is 13.8 Å². The molecule has 10 heavy (non-hydrogen) atoms. The Morgan fingerprint density at radius 2 is 1.40 bits per heavy atom. The number of hydrogen-bond donors (Lipinski definition) is 0. The third-order valence-corrected chi connectivity index (χ3v) is 0.408. The van der Waals surface area contributed by atoms with Gasteiger partial charge in [0, 0.05) is 13.2 Å². The van der Waals surface area contributed by atoms with Gasteiger partial charge in [0.2, 0.25) is 0 Å². The van der Waals surface area contributed by atoms with Crippen LogP contribution in [0.25, 0.3) is 0 Å². The van der Waals surface area contributed by atoms with Crippen LogP contribution in [0.1, 0.15) is 13.8 Å². The fraction of sp³-hybridized carbons (Fsp3) is 1.00. The molecule has 0 aromatic carbocycles. The van der Waals surface area contributed by atoms with E-state index in [9.17, 15) is 0 Å². The quantitative estimate of drug-likeness (QED) is 0.492. The Balaban J connectivity index is 0. The van der Waals surface area contributed by atoms with Gasteiger partial charge in [-0.25, -0.2) is 0 Å². The van der Waals surface area contributed by atoms with Crippen molar-refractivity contribution < 1.29 is 17.9 Å². The van der Waals surface area contributed by atoms with Gasteiger partial charge in [-0.3, -0.25) is 0 Å². The van der Waals surface area contributed by atoms with Gasteiger partial charge in [-0.1, -0.05) is 0 Å². The van der Waals surface area contributed by atoms with Gasteiger partial charge in [-0.05, 0) is 13.8 Å². The van der Waals surface area contributed by atoms with E-state index in [1.807, 2.05) is 13.8 Å². The summed E-state index contributed by atoms with van der Waals surface area (Å²) >= 11 is -6.10. The molecule has 0 heterocycles. The van der Waals surface area contributed by atoms with Crippen molar-refractivity contribution in [2.24, 2.45) is 0 Å². The van der Waals surface area contributed by atoms with Crippen LogP contribution in [0, 0.1) is 0 Å². The zero-order valence-electron chi connectivity index (χ0n) is 5.90. The number of rotatable bonds is 2. The molecule has 0 aliphatic carbocycles. The second-order valence-electron chi connectivity index (χ2n) is 1.23. The summed E-state index contributed by atoms with van der Waals surface area (Å²) in [4.78, 5) is 0. The van der Waals surface area contributed by atoms with E-state index in [0.29, 0.717) is 0 Å². The van der Waals surface area contributed by atoms with Crippen LogP contribution in [0.2, 0.25) is 0 Å². The molecule has 0 saturated carbocycles. The first kappa shape index (κ1) is 13.1. The molecular weight excluding hydrogens is 250 g/mol. The topological polar surface area (TPSA) is 95.5 Å². The van der Waals surface area contributed by atoms with Crippen molar-refractivity contribution in [2.75, 3.05) is 13.2 Å². The van der Waals surface area contributed by atoms with Crippen molar-refractivity contribution in [3.8, 4) is 0 Å². The maximum absolute atomic E-state index is 8.64. The second kappa shape index (κ2) is 7.56. The maximum atomic E-state index is 8.64. The molecule has 0 unspecified atom stereocenters. The average Bonchev–Trinajstić information content (AvgIpc) is 1.63. The van der Waals surface area contributed by atoms with Gasteiger partial charge in [-0.15, -0.1) is 0 Å². The summed E-state index contributed by atoms with van der Waals surface area (Å²) in [7, 11) is 0.